The molecule has 0 bridgehead atoms. The molecule has 1 unspecified atom stereocenters. The predicted octanol–water partition coefficient (Wildman–Crippen LogP) is 6.20. The Hall–Kier alpha value is -2.78. The summed E-state index contributed by atoms with van der Waals surface area (Å²) in [5.74, 6) is 0.776. The van der Waals surface area contributed by atoms with Crippen LogP contribution in [0.5, 0.6) is 0 Å². The van der Waals surface area contributed by atoms with Crippen molar-refractivity contribution in [1.29, 1.82) is 10.5 Å². The van der Waals surface area contributed by atoms with E-state index in [9.17, 15) is 10.5 Å². The van der Waals surface area contributed by atoms with Crippen molar-refractivity contribution < 1.29 is 0 Å². The maximum atomic E-state index is 10.8. The Balaban J connectivity index is 1.78. The highest BCUT2D eigenvalue weighted by Gasteiger charge is 2.65. The molecule has 5 atom stereocenters. The van der Waals surface area contributed by atoms with Crippen LogP contribution >= 0.6 is 0 Å². The second-order valence-corrected chi connectivity index (χ2v) is 9.38. The summed E-state index contributed by atoms with van der Waals surface area (Å²) in [6.45, 7) is 0. The summed E-state index contributed by atoms with van der Waals surface area (Å²) in [7, 11) is 0. The number of hydrogen-bond acceptors (Lipinski definition) is 3. The summed E-state index contributed by atoms with van der Waals surface area (Å²) in [6.07, 6.45) is 8.29. The second-order valence-electron chi connectivity index (χ2n) is 9.38. The monoisotopic (exact) mass is 395 g/mol. The standard InChI is InChI=1S/C27H29N3/c28-19-26-17-9-7-15-23(26)25(21-11-3-1-4-12-21)24-16-8-10-18-27(24,20-29)30(26)22-13-5-2-6-14-22/h1-6,11-14,23-25H,7-10,15-18H2/t23-,24+,25?,26-,27-/m1/s1. The smallest absolute Gasteiger partial charge is 0.132 e. The van der Waals surface area contributed by atoms with Crippen molar-refractivity contribution in [2.45, 2.75) is 68.4 Å². The molecule has 2 saturated carbocycles. The molecule has 152 valence electrons. The number of rotatable bonds is 2. The maximum absolute atomic E-state index is 10.8. The molecular weight excluding hydrogens is 366 g/mol. The van der Waals surface area contributed by atoms with E-state index in [1.165, 1.54) is 18.4 Å². The van der Waals surface area contributed by atoms with Crippen LogP contribution in [0.15, 0.2) is 60.7 Å². The Labute approximate surface area is 179 Å². The zero-order chi connectivity index (χ0) is 20.6. The third-order valence-electron chi connectivity index (χ3n) is 8.12. The summed E-state index contributed by atoms with van der Waals surface area (Å²) >= 11 is 0. The molecule has 30 heavy (non-hydrogen) atoms. The topological polar surface area (TPSA) is 50.8 Å². The SMILES string of the molecule is N#C[C@]12CCCC[C@@H]1C(c1ccccc1)[C@@H]1CCCC[C@]1(C#N)N2c1ccccc1. The van der Waals surface area contributed by atoms with Crippen molar-refractivity contribution >= 4 is 5.69 Å². The highest BCUT2D eigenvalue weighted by atomic mass is 15.3. The van der Waals surface area contributed by atoms with Crippen molar-refractivity contribution in [2.24, 2.45) is 11.8 Å². The van der Waals surface area contributed by atoms with Crippen LogP contribution in [0.25, 0.3) is 0 Å². The third-order valence-corrected chi connectivity index (χ3v) is 8.12. The molecule has 2 aliphatic carbocycles. The van der Waals surface area contributed by atoms with Crippen LogP contribution in [0.2, 0.25) is 0 Å². The van der Waals surface area contributed by atoms with Crippen molar-refractivity contribution in [2.75, 3.05) is 4.90 Å². The van der Waals surface area contributed by atoms with Crippen LogP contribution in [0, 0.1) is 34.5 Å². The zero-order valence-corrected chi connectivity index (χ0v) is 17.5. The first kappa shape index (κ1) is 19.2. The van der Waals surface area contributed by atoms with E-state index < -0.39 is 11.1 Å². The summed E-state index contributed by atoms with van der Waals surface area (Å²) in [4.78, 5) is 2.33. The zero-order valence-electron chi connectivity index (χ0n) is 17.5. The van der Waals surface area contributed by atoms with E-state index in [2.05, 4.69) is 59.5 Å². The Morgan fingerprint density at radius 3 is 1.70 bits per heavy atom. The van der Waals surface area contributed by atoms with Gasteiger partial charge in [-0.15, -0.1) is 0 Å². The fourth-order valence-electron chi connectivity index (χ4n) is 7.07. The van der Waals surface area contributed by atoms with Crippen LogP contribution in [-0.4, -0.2) is 11.1 Å². The third kappa shape index (κ3) is 2.61. The van der Waals surface area contributed by atoms with Gasteiger partial charge in [0.2, 0.25) is 0 Å². The average molecular weight is 396 g/mol. The predicted molar refractivity (Wildman–Crippen MR) is 119 cm³/mol. The maximum Gasteiger partial charge on any atom is 0.132 e. The van der Waals surface area contributed by atoms with Crippen LogP contribution in [-0.2, 0) is 0 Å². The van der Waals surface area contributed by atoms with E-state index >= 15 is 0 Å². The molecule has 0 N–H and O–H groups in total. The molecule has 3 nitrogen and oxygen atoms in total. The summed E-state index contributed by atoms with van der Waals surface area (Å²) in [5.41, 5.74) is 1.13. The minimum absolute atomic E-state index is 0.253. The molecule has 3 heteroatoms. The van der Waals surface area contributed by atoms with E-state index in [1.54, 1.807) is 0 Å². The van der Waals surface area contributed by atoms with Gasteiger partial charge in [0.1, 0.15) is 11.1 Å². The van der Waals surface area contributed by atoms with Gasteiger partial charge in [0.25, 0.3) is 0 Å². The van der Waals surface area contributed by atoms with E-state index in [-0.39, 0.29) is 17.8 Å². The number of nitriles is 2. The fraction of sp³-hybridized carbons (Fsp3) is 0.481. The van der Waals surface area contributed by atoms with Gasteiger partial charge in [0, 0.05) is 17.5 Å². The number of fused-ring (bicyclic) bond motifs is 2. The number of benzene rings is 2. The number of hydrogen-bond donors (Lipinski definition) is 0. The average Bonchev–Trinajstić information content (AvgIpc) is 2.83. The van der Waals surface area contributed by atoms with Crippen LogP contribution in [0.3, 0.4) is 0 Å². The fourth-order valence-corrected chi connectivity index (χ4v) is 7.07. The molecular formula is C27H29N3. The van der Waals surface area contributed by atoms with E-state index in [4.69, 9.17) is 0 Å². The van der Waals surface area contributed by atoms with Gasteiger partial charge in [-0.1, -0.05) is 74.2 Å². The largest absolute Gasteiger partial charge is 0.334 e. The number of para-hydroxylation sites is 1. The lowest BCUT2D eigenvalue weighted by Crippen LogP contribution is -2.73. The molecule has 3 aliphatic rings. The van der Waals surface area contributed by atoms with Crippen LogP contribution in [0.1, 0.15) is 62.8 Å². The van der Waals surface area contributed by atoms with E-state index in [0.29, 0.717) is 0 Å². The van der Waals surface area contributed by atoms with Crippen molar-refractivity contribution in [1.82, 2.24) is 0 Å². The van der Waals surface area contributed by atoms with Gasteiger partial charge in [-0.25, -0.2) is 0 Å². The molecule has 1 heterocycles. The Kier molecular flexibility index (Phi) is 4.79. The molecule has 1 saturated heterocycles. The molecule has 0 aromatic heterocycles. The molecule has 0 radical (unpaired) electrons. The quantitative estimate of drug-likeness (QED) is 0.609. The van der Waals surface area contributed by atoms with Gasteiger partial charge in [-0.05, 0) is 49.3 Å². The van der Waals surface area contributed by atoms with Crippen molar-refractivity contribution in [3.05, 3.63) is 66.2 Å². The number of piperidine rings is 1. The van der Waals surface area contributed by atoms with E-state index in [0.717, 1.165) is 44.2 Å². The highest BCUT2D eigenvalue weighted by molar-refractivity contribution is 5.60. The minimum atomic E-state index is -0.621. The summed E-state index contributed by atoms with van der Waals surface area (Å²) in [5, 5.41) is 21.5. The lowest BCUT2D eigenvalue weighted by atomic mass is 9.51. The van der Waals surface area contributed by atoms with Crippen molar-refractivity contribution in [3.8, 4) is 12.1 Å². The van der Waals surface area contributed by atoms with E-state index in [1.807, 2.05) is 18.2 Å². The van der Waals surface area contributed by atoms with Gasteiger partial charge in [0.15, 0.2) is 0 Å². The number of anilines is 1. The lowest BCUT2D eigenvalue weighted by Gasteiger charge is -2.65. The van der Waals surface area contributed by atoms with Gasteiger partial charge in [0.05, 0.1) is 12.1 Å². The van der Waals surface area contributed by atoms with Crippen molar-refractivity contribution in [3.63, 3.8) is 0 Å². The summed E-state index contributed by atoms with van der Waals surface area (Å²) in [6, 6.07) is 26.8. The second kappa shape index (κ2) is 7.48. The summed E-state index contributed by atoms with van der Waals surface area (Å²) < 4.78 is 0. The minimum Gasteiger partial charge on any atom is -0.334 e. The van der Waals surface area contributed by atoms with Crippen LogP contribution < -0.4 is 4.90 Å². The molecule has 2 aromatic rings. The molecule has 2 aromatic carbocycles. The first-order chi connectivity index (χ1) is 14.8. The van der Waals surface area contributed by atoms with Gasteiger partial charge < -0.3 is 4.90 Å². The highest BCUT2D eigenvalue weighted by Crippen LogP contribution is 2.62. The Morgan fingerprint density at radius 2 is 1.20 bits per heavy atom. The Bertz CT molecular complexity index is 931. The van der Waals surface area contributed by atoms with Crippen LogP contribution in [0.4, 0.5) is 5.69 Å². The molecule has 3 fully saturated rings. The molecule has 1 aliphatic heterocycles. The number of nitrogens with zero attached hydrogens (tertiary/aromatic N) is 3. The van der Waals surface area contributed by atoms with Gasteiger partial charge in [-0.3, -0.25) is 0 Å². The Morgan fingerprint density at radius 1 is 0.700 bits per heavy atom. The molecule has 0 spiro atoms. The van der Waals surface area contributed by atoms with Gasteiger partial charge in [-0.2, -0.15) is 10.5 Å². The first-order valence-corrected chi connectivity index (χ1v) is 11.5. The van der Waals surface area contributed by atoms with Gasteiger partial charge >= 0.3 is 0 Å². The molecule has 5 rings (SSSR count). The molecule has 0 amide bonds. The lowest BCUT2D eigenvalue weighted by molar-refractivity contribution is 0.0360. The first-order valence-electron chi connectivity index (χ1n) is 11.5. The normalized spacial score (nSPS) is 35.4.